The van der Waals surface area contributed by atoms with Gasteiger partial charge in [-0.15, -0.1) is 0 Å². The van der Waals surface area contributed by atoms with E-state index < -0.39 is 0 Å². The zero-order valence-corrected chi connectivity index (χ0v) is 15.9. The van der Waals surface area contributed by atoms with Gasteiger partial charge in [0.15, 0.2) is 0 Å². The Labute approximate surface area is 160 Å². The highest BCUT2D eigenvalue weighted by atomic mass is 32.1. The molecule has 4 rings (SSSR count). The summed E-state index contributed by atoms with van der Waals surface area (Å²) in [5.41, 5.74) is 1.40. The summed E-state index contributed by atoms with van der Waals surface area (Å²) in [6, 6.07) is 0.134. The van der Waals surface area contributed by atoms with Crippen LogP contribution in [0.5, 0.6) is 0 Å². The summed E-state index contributed by atoms with van der Waals surface area (Å²) in [6.07, 6.45) is 9.61. The molecule has 3 aliphatic heterocycles. The van der Waals surface area contributed by atoms with Crippen LogP contribution in [-0.2, 0) is 9.53 Å². The topological polar surface area (TPSA) is 48.4 Å². The van der Waals surface area contributed by atoms with Gasteiger partial charge in [-0.1, -0.05) is 6.08 Å². The zero-order valence-electron chi connectivity index (χ0n) is 15.1. The summed E-state index contributed by atoms with van der Waals surface area (Å²) in [6.45, 7) is 7.29. The van der Waals surface area contributed by atoms with Gasteiger partial charge in [-0.25, -0.2) is 4.99 Å². The molecule has 3 heterocycles. The zero-order chi connectivity index (χ0) is 17.9. The molecule has 0 radical (unpaired) electrons. The van der Waals surface area contributed by atoms with Gasteiger partial charge in [-0.3, -0.25) is 14.6 Å². The lowest BCUT2D eigenvalue weighted by Crippen LogP contribution is -2.46. The number of allylic oxidation sites excluding steroid dienone is 1. The van der Waals surface area contributed by atoms with Crippen LogP contribution in [0.1, 0.15) is 19.3 Å². The minimum atomic E-state index is 0.00373. The molecule has 4 aliphatic rings. The van der Waals surface area contributed by atoms with Crippen LogP contribution in [0.25, 0.3) is 0 Å². The number of carbonyl (C=O) groups excluding carboxylic acids is 1. The molecule has 7 heteroatoms. The average Bonchev–Trinajstić information content (AvgIpc) is 3.18. The van der Waals surface area contributed by atoms with E-state index in [0.29, 0.717) is 22.9 Å². The van der Waals surface area contributed by atoms with Crippen LogP contribution in [0.3, 0.4) is 0 Å². The highest BCUT2D eigenvalue weighted by molar-refractivity contribution is 7.80. The fourth-order valence-electron chi connectivity index (χ4n) is 4.02. The molecule has 0 aromatic carbocycles. The standard InChI is InChI=1S/C19H26N4O2S/c24-18-16-14-15(22-10-12-25-13-11-22)4-5-17(16)20-19(26)23(18)9-3-8-21-6-1-2-7-21/h4-5,14-15H,1-3,6-13H2. The van der Waals surface area contributed by atoms with Gasteiger partial charge in [0.1, 0.15) is 0 Å². The molecule has 0 aromatic rings. The van der Waals surface area contributed by atoms with Gasteiger partial charge in [0.2, 0.25) is 5.11 Å². The molecule has 26 heavy (non-hydrogen) atoms. The van der Waals surface area contributed by atoms with Crippen molar-refractivity contribution in [2.45, 2.75) is 25.3 Å². The maximum atomic E-state index is 13.0. The number of morpholine rings is 1. The molecule has 0 N–H and O–H groups in total. The SMILES string of the molecule is O=C1C2=CC(N3CCOCC3)C=CC2=NC(=S)N1CCCN1CCCC1. The normalized spacial score (nSPS) is 27.5. The molecule has 1 aliphatic carbocycles. The first-order valence-corrected chi connectivity index (χ1v) is 10.0. The second-order valence-electron chi connectivity index (χ2n) is 7.22. The van der Waals surface area contributed by atoms with Crippen molar-refractivity contribution in [1.82, 2.24) is 14.7 Å². The van der Waals surface area contributed by atoms with Crippen LogP contribution < -0.4 is 0 Å². The fourth-order valence-corrected chi connectivity index (χ4v) is 4.30. The third-order valence-corrected chi connectivity index (χ3v) is 5.82. The lowest BCUT2D eigenvalue weighted by Gasteiger charge is -2.34. The maximum Gasteiger partial charge on any atom is 0.262 e. The van der Waals surface area contributed by atoms with E-state index in [0.717, 1.165) is 39.3 Å². The van der Waals surface area contributed by atoms with E-state index in [1.54, 1.807) is 4.90 Å². The third-order valence-electron chi connectivity index (χ3n) is 5.51. The van der Waals surface area contributed by atoms with Gasteiger partial charge in [0.05, 0.1) is 24.5 Å². The van der Waals surface area contributed by atoms with E-state index in [4.69, 9.17) is 17.0 Å². The molecule has 0 aromatic heterocycles. The number of aliphatic imine (C=N–C) groups is 1. The van der Waals surface area contributed by atoms with E-state index in [9.17, 15) is 4.79 Å². The largest absolute Gasteiger partial charge is 0.379 e. The van der Waals surface area contributed by atoms with Gasteiger partial charge < -0.3 is 9.64 Å². The van der Waals surface area contributed by atoms with E-state index in [-0.39, 0.29) is 11.9 Å². The Morgan fingerprint density at radius 2 is 1.92 bits per heavy atom. The lowest BCUT2D eigenvalue weighted by atomic mass is 9.97. The summed E-state index contributed by atoms with van der Waals surface area (Å²) in [7, 11) is 0. The van der Waals surface area contributed by atoms with Gasteiger partial charge in [-0.2, -0.15) is 0 Å². The van der Waals surface area contributed by atoms with Crippen molar-refractivity contribution >= 4 is 28.9 Å². The smallest absolute Gasteiger partial charge is 0.262 e. The first-order chi connectivity index (χ1) is 12.7. The molecule has 1 amide bonds. The van der Waals surface area contributed by atoms with Crippen LogP contribution in [0.2, 0.25) is 0 Å². The van der Waals surface area contributed by atoms with Crippen molar-refractivity contribution in [3.63, 3.8) is 0 Å². The van der Waals surface area contributed by atoms with E-state index in [2.05, 4.69) is 20.9 Å². The summed E-state index contributed by atoms with van der Waals surface area (Å²) in [5, 5.41) is 0.401. The number of amides is 1. The molecule has 0 spiro atoms. The van der Waals surface area contributed by atoms with Crippen molar-refractivity contribution in [3.05, 3.63) is 23.8 Å². The third kappa shape index (κ3) is 3.81. The Balaban J connectivity index is 1.42. The monoisotopic (exact) mass is 374 g/mol. The summed E-state index contributed by atoms with van der Waals surface area (Å²) in [4.78, 5) is 24.0. The Morgan fingerprint density at radius 3 is 2.69 bits per heavy atom. The number of thiocarbonyl (C=S) groups is 1. The second kappa shape index (κ2) is 8.08. The van der Waals surface area contributed by atoms with E-state index in [1.807, 2.05) is 12.2 Å². The highest BCUT2D eigenvalue weighted by Gasteiger charge is 2.32. The number of nitrogens with zero attached hydrogens (tertiary/aromatic N) is 4. The minimum absolute atomic E-state index is 0.00373. The van der Waals surface area contributed by atoms with Crippen molar-refractivity contribution in [1.29, 1.82) is 0 Å². The molecule has 140 valence electrons. The molecular formula is C19H26N4O2S. The van der Waals surface area contributed by atoms with Crippen molar-refractivity contribution in [2.75, 3.05) is 52.5 Å². The number of hydrogen-bond acceptors (Lipinski definition) is 5. The predicted molar refractivity (Wildman–Crippen MR) is 105 cm³/mol. The molecule has 1 unspecified atom stereocenters. The Hall–Kier alpha value is -1.41. The number of rotatable bonds is 5. The Bertz CT molecular complexity index is 660. The fraction of sp³-hybridized carbons (Fsp3) is 0.632. The predicted octanol–water partition coefficient (Wildman–Crippen LogP) is 1.24. The van der Waals surface area contributed by atoms with Gasteiger partial charge >= 0.3 is 0 Å². The number of ether oxygens (including phenoxy) is 1. The van der Waals surface area contributed by atoms with Crippen LogP contribution in [0.4, 0.5) is 0 Å². The van der Waals surface area contributed by atoms with E-state index >= 15 is 0 Å². The second-order valence-corrected chi connectivity index (χ2v) is 7.58. The van der Waals surface area contributed by atoms with Crippen molar-refractivity contribution < 1.29 is 9.53 Å². The average molecular weight is 375 g/mol. The van der Waals surface area contributed by atoms with Crippen LogP contribution in [0, 0.1) is 0 Å². The highest BCUT2D eigenvalue weighted by Crippen LogP contribution is 2.22. The Morgan fingerprint density at radius 1 is 1.15 bits per heavy atom. The minimum Gasteiger partial charge on any atom is -0.379 e. The van der Waals surface area contributed by atoms with Gasteiger partial charge in [-0.05, 0) is 63.3 Å². The van der Waals surface area contributed by atoms with Crippen molar-refractivity contribution in [3.8, 4) is 0 Å². The Kier molecular flexibility index (Phi) is 5.59. The molecule has 0 bridgehead atoms. The summed E-state index contributed by atoms with van der Waals surface area (Å²) >= 11 is 5.39. The first-order valence-electron chi connectivity index (χ1n) is 9.61. The molecule has 0 saturated carbocycles. The number of carbonyl (C=O) groups is 1. The first kappa shape index (κ1) is 18.0. The van der Waals surface area contributed by atoms with Crippen LogP contribution >= 0.6 is 12.2 Å². The summed E-state index contributed by atoms with van der Waals surface area (Å²) in [5.74, 6) is 0.00373. The lowest BCUT2D eigenvalue weighted by molar-refractivity contribution is -0.123. The van der Waals surface area contributed by atoms with Crippen molar-refractivity contribution in [2.24, 2.45) is 4.99 Å². The van der Waals surface area contributed by atoms with Crippen LogP contribution in [-0.4, -0.2) is 90.0 Å². The molecule has 6 nitrogen and oxygen atoms in total. The van der Waals surface area contributed by atoms with Gasteiger partial charge in [0, 0.05) is 25.7 Å². The molecule has 1 atom stereocenters. The van der Waals surface area contributed by atoms with Crippen LogP contribution in [0.15, 0.2) is 28.8 Å². The number of fused-ring (bicyclic) bond motifs is 1. The van der Waals surface area contributed by atoms with E-state index in [1.165, 1.54) is 25.9 Å². The molecular weight excluding hydrogens is 348 g/mol. The number of likely N-dealkylation sites (tertiary alicyclic amines) is 1. The molecule has 2 fully saturated rings. The quantitative estimate of drug-likeness (QED) is 0.678. The summed E-state index contributed by atoms with van der Waals surface area (Å²) < 4.78 is 5.43. The molecule has 2 saturated heterocycles. The maximum absolute atomic E-state index is 13.0. The van der Waals surface area contributed by atoms with Gasteiger partial charge in [0.25, 0.3) is 5.91 Å². The number of hydrogen-bond donors (Lipinski definition) is 0.